The molecule has 3 aromatic heterocycles. The third-order valence-corrected chi connectivity index (χ3v) is 4.10. The van der Waals surface area contributed by atoms with Crippen LogP contribution in [0.3, 0.4) is 0 Å². The lowest BCUT2D eigenvalue weighted by Crippen LogP contribution is -2.31. The smallest absolute Gasteiger partial charge is 0.254 e. The van der Waals surface area contributed by atoms with Crippen molar-refractivity contribution in [3.8, 4) is 10.6 Å². The summed E-state index contributed by atoms with van der Waals surface area (Å²) in [5.41, 5.74) is 1.33. The Labute approximate surface area is 136 Å². The van der Waals surface area contributed by atoms with Gasteiger partial charge in [0.1, 0.15) is 6.54 Å². The summed E-state index contributed by atoms with van der Waals surface area (Å²) in [7, 11) is 0. The van der Waals surface area contributed by atoms with Gasteiger partial charge in [-0.2, -0.15) is 0 Å². The summed E-state index contributed by atoms with van der Waals surface area (Å²) in [4.78, 5) is 33.1. The molecule has 1 amide bonds. The molecule has 0 bridgehead atoms. The second-order valence-electron chi connectivity index (χ2n) is 4.85. The maximum absolute atomic E-state index is 12.1. The van der Waals surface area contributed by atoms with Gasteiger partial charge < -0.3 is 5.32 Å². The van der Waals surface area contributed by atoms with Gasteiger partial charge in [-0.3, -0.25) is 19.1 Å². The zero-order chi connectivity index (χ0) is 16.1. The van der Waals surface area contributed by atoms with E-state index in [1.165, 1.54) is 28.3 Å². The number of nitrogens with zero attached hydrogens (tertiary/aromatic N) is 3. The molecule has 0 atom stereocenters. The molecular formula is C16H14N4O2S. The largest absolute Gasteiger partial charge is 0.350 e. The Morgan fingerprint density at radius 1 is 1.26 bits per heavy atom. The molecule has 0 saturated carbocycles. The van der Waals surface area contributed by atoms with E-state index >= 15 is 0 Å². The van der Waals surface area contributed by atoms with Gasteiger partial charge in [-0.1, -0.05) is 6.07 Å². The number of hydrogen-bond donors (Lipinski definition) is 1. The van der Waals surface area contributed by atoms with Crippen LogP contribution in [0.1, 0.15) is 5.56 Å². The molecule has 116 valence electrons. The van der Waals surface area contributed by atoms with Crippen LogP contribution in [0.2, 0.25) is 0 Å². The van der Waals surface area contributed by atoms with Crippen LogP contribution >= 0.6 is 11.3 Å². The van der Waals surface area contributed by atoms with Crippen LogP contribution in [0, 0.1) is 0 Å². The predicted molar refractivity (Wildman–Crippen MR) is 87.9 cm³/mol. The number of thiophene rings is 1. The third kappa shape index (κ3) is 3.89. The van der Waals surface area contributed by atoms with Crippen LogP contribution in [0.5, 0.6) is 0 Å². The fourth-order valence-electron chi connectivity index (χ4n) is 2.02. The number of carbonyl (C=O) groups excluding carboxylic acids is 1. The minimum Gasteiger partial charge on any atom is -0.350 e. The molecule has 6 nitrogen and oxygen atoms in total. The van der Waals surface area contributed by atoms with Crippen molar-refractivity contribution in [2.75, 3.05) is 0 Å². The monoisotopic (exact) mass is 326 g/mol. The van der Waals surface area contributed by atoms with Gasteiger partial charge in [-0.25, -0.2) is 4.98 Å². The highest BCUT2D eigenvalue weighted by molar-refractivity contribution is 7.13. The summed E-state index contributed by atoms with van der Waals surface area (Å²) in [6, 6.07) is 8.90. The predicted octanol–water partition coefficient (Wildman–Crippen LogP) is 1.68. The molecule has 0 aliphatic carbocycles. The highest BCUT2D eigenvalue weighted by atomic mass is 32.1. The molecule has 3 aromatic rings. The molecule has 3 heterocycles. The maximum atomic E-state index is 12.1. The number of carbonyl (C=O) groups is 1. The zero-order valence-corrected chi connectivity index (χ0v) is 13.0. The number of aromatic nitrogens is 3. The Morgan fingerprint density at radius 3 is 2.78 bits per heavy atom. The molecule has 0 fully saturated rings. The molecule has 23 heavy (non-hydrogen) atoms. The van der Waals surface area contributed by atoms with Crippen LogP contribution in [0.25, 0.3) is 10.6 Å². The average molecular weight is 326 g/mol. The second-order valence-corrected chi connectivity index (χ2v) is 5.80. The van der Waals surface area contributed by atoms with Crippen molar-refractivity contribution < 1.29 is 4.79 Å². The minimum atomic E-state index is -0.248. The first-order valence-electron chi connectivity index (χ1n) is 6.98. The third-order valence-electron chi connectivity index (χ3n) is 3.21. The van der Waals surface area contributed by atoms with Crippen LogP contribution < -0.4 is 10.9 Å². The normalized spacial score (nSPS) is 10.4. The lowest BCUT2D eigenvalue weighted by atomic mass is 10.3. The van der Waals surface area contributed by atoms with Crippen molar-refractivity contribution in [2.24, 2.45) is 0 Å². The molecule has 0 unspecified atom stereocenters. The molecule has 0 radical (unpaired) electrons. The van der Waals surface area contributed by atoms with Crippen LogP contribution in [0.4, 0.5) is 0 Å². The summed E-state index contributed by atoms with van der Waals surface area (Å²) in [6.45, 7) is 0.346. The van der Waals surface area contributed by atoms with Gasteiger partial charge in [0, 0.05) is 25.0 Å². The summed E-state index contributed by atoms with van der Waals surface area (Å²) in [6.07, 6.45) is 4.74. The first-order valence-corrected chi connectivity index (χ1v) is 7.86. The second kappa shape index (κ2) is 6.97. The Morgan fingerprint density at radius 2 is 2.09 bits per heavy atom. The Hall–Kier alpha value is -2.80. The molecule has 0 aliphatic heterocycles. The minimum absolute atomic E-state index is 0.0539. The maximum Gasteiger partial charge on any atom is 0.254 e. The zero-order valence-electron chi connectivity index (χ0n) is 12.2. The SMILES string of the molecule is O=C(Cn1cnc(-c2cccs2)cc1=O)NCc1ccncc1. The topological polar surface area (TPSA) is 76.9 Å². The molecule has 1 N–H and O–H groups in total. The van der Waals surface area contributed by atoms with Crippen molar-refractivity contribution in [2.45, 2.75) is 13.1 Å². The van der Waals surface area contributed by atoms with Gasteiger partial charge >= 0.3 is 0 Å². The lowest BCUT2D eigenvalue weighted by molar-refractivity contribution is -0.121. The van der Waals surface area contributed by atoms with Crippen molar-refractivity contribution in [3.63, 3.8) is 0 Å². The van der Waals surface area contributed by atoms with Gasteiger partial charge in [-0.15, -0.1) is 11.3 Å². The van der Waals surface area contributed by atoms with Gasteiger partial charge in [0.15, 0.2) is 0 Å². The first-order chi connectivity index (χ1) is 11.2. The summed E-state index contributed by atoms with van der Waals surface area (Å²) >= 11 is 1.52. The summed E-state index contributed by atoms with van der Waals surface area (Å²) in [5.74, 6) is -0.241. The highest BCUT2D eigenvalue weighted by Crippen LogP contribution is 2.20. The van der Waals surface area contributed by atoms with Gasteiger partial charge in [0.2, 0.25) is 5.91 Å². The Kier molecular flexibility index (Phi) is 4.58. The molecule has 7 heteroatoms. The van der Waals surface area contributed by atoms with E-state index in [0.717, 1.165) is 10.4 Å². The van der Waals surface area contributed by atoms with E-state index in [4.69, 9.17) is 0 Å². The van der Waals surface area contributed by atoms with E-state index in [9.17, 15) is 9.59 Å². The fourth-order valence-corrected chi connectivity index (χ4v) is 2.71. The molecule has 3 rings (SSSR count). The van der Waals surface area contributed by atoms with Crippen molar-refractivity contribution in [1.29, 1.82) is 0 Å². The lowest BCUT2D eigenvalue weighted by Gasteiger charge is -2.07. The Balaban J connectivity index is 1.63. The fraction of sp³-hybridized carbons (Fsp3) is 0.125. The number of nitrogens with one attached hydrogen (secondary N) is 1. The number of pyridine rings is 1. The summed E-state index contributed by atoms with van der Waals surface area (Å²) in [5, 5.41) is 4.69. The number of rotatable bonds is 5. The van der Waals surface area contributed by atoms with Crippen molar-refractivity contribution in [3.05, 3.63) is 70.4 Å². The standard InChI is InChI=1S/C16H14N4O2S/c21-15(18-9-12-3-5-17-6-4-12)10-20-11-19-13(8-16(20)22)14-2-1-7-23-14/h1-8,11H,9-10H2,(H,18,21). The van der Waals surface area contributed by atoms with Gasteiger partial charge in [0.25, 0.3) is 5.56 Å². The molecule has 0 aromatic carbocycles. The molecule has 0 spiro atoms. The van der Waals surface area contributed by atoms with E-state index in [-0.39, 0.29) is 18.0 Å². The molecule has 0 saturated heterocycles. The van der Waals surface area contributed by atoms with Crippen molar-refractivity contribution >= 4 is 17.2 Å². The first kappa shape index (κ1) is 15.1. The number of amides is 1. The average Bonchev–Trinajstić information content (AvgIpc) is 3.10. The van der Waals surface area contributed by atoms with E-state index in [1.54, 1.807) is 12.4 Å². The van der Waals surface area contributed by atoms with E-state index < -0.39 is 0 Å². The van der Waals surface area contributed by atoms with E-state index in [2.05, 4.69) is 15.3 Å². The van der Waals surface area contributed by atoms with E-state index in [1.807, 2.05) is 29.6 Å². The van der Waals surface area contributed by atoms with Crippen molar-refractivity contribution in [1.82, 2.24) is 19.9 Å². The van der Waals surface area contributed by atoms with Crippen LogP contribution in [-0.4, -0.2) is 20.4 Å². The van der Waals surface area contributed by atoms with Crippen LogP contribution in [0.15, 0.2) is 59.2 Å². The number of hydrogen-bond acceptors (Lipinski definition) is 5. The quantitative estimate of drug-likeness (QED) is 0.774. The van der Waals surface area contributed by atoms with E-state index in [0.29, 0.717) is 12.2 Å². The molecule has 0 aliphatic rings. The van der Waals surface area contributed by atoms with Gasteiger partial charge in [-0.05, 0) is 29.1 Å². The Bertz CT molecular complexity index is 844. The summed E-state index contributed by atoms with van der Waals surface area (Å²) < 4.78 is 1.29. The highest BCUT2D eigenvalue weighted by Gasteiger charge is 2.07. The van der Waals surface area contributed by atoms with Crippen LogP contribution in [-0.2, 0) is 17.9 Å². The van der Waals surface area contributed by atoms with Gasteiger partial charge in [0.05, 0.1) is 16.9 Å². The molecular weight excluding hydrogens is 312 g/mol.